The highest BCUT2D eigenvalue weighted by atomic mass is 16.5. The number of benzene rings is 3. The minimum Gasteiger partial charge on any atom is -0.496 e. The van der Waals surface area contributed by atoms with Crippen molar-refractivity contribution in [3.05, 3.63) is 53.6 Å². The van der Waals surface area contributed by atoms with E-state index >= 15 is 0 Å². The van der Waals surface area contributed by atoms with Gasteiger partial charge in [0.25, 0.3) is 0 Å². The van der Waals surface area contributed by atoms with Crippen LogP contribution in [0.2, 0.25) is 0 Å². The lowest BCUT2D eigenvalue weighted by atomic mass is 10.0. The zero-order valence-corrected chi connectivity index (χ0v) is 16.6. The third-order valence-electron chi connectivity index (χ3n) is 4.39. The van der Waals surface area contributed by atoms with E-state index < -0.39 is 0 Å². The summed E-state index contributed by atoms with van der Waals surface area (Å²) >= 11 is 0. The van der Waals surface area contributed by atoms with Crippen molar-refractivity contribution in [3.63, 3.8) is 0 Å². The Morgan fingerprint density at radius 2 is 1.18 bits per heavy atom. The van der Waals surface area contributed by atoms with E-state index in [4.69, 9.17) is 23.7 Å². The van der Waals surface area contributed by atoms with Crippen molar-refractivity contribution in [1.29, 1.82) is 0 Å². The van der Waals surface area contributed by atoms with Gasteiger partial charge in [0.15, 0.2) is 11.5 Å². The molecule has 3 rings (SSSR count). The minimum absolute atomic E-state index is 0.525. The zero-order chi connectivity index (χ0) is 20.1. The Morgan fingerprint density at radius 3 is 1.75 bits per heavy atom. The molecule has 0 N–H and O–H groups in total. The van der Waals surface area contributed by atoms with Crippen LogP contribution in [0.5, 0.6) is 28.7 Å². The molecule has 0 spiro atoms. The van der Waals surface area contributed by atoms with E-state index in [0.29, 0.717) is 39.7 Å². The van der Waals surface area contributed by atoms with Gasteiger partial charge in [-0.05, 0) is 12.1 Å². The maximum absolute atomic E-state index is 5.74. The number of hydrogen-bond acceptors (Lipinski definition) is 5. The van der Waals surface area contributed by atoms with Crippen LogP contribution >= 0.6 is 0 Å². The lowest BCUT2D eigenvalue weighted by Gasteiger charge is -2.19. The second-order valence-electron chi connectivity index (χ2n) is 5.84. The van der Waals surface area contributed by atoms with E-state index in [1.165, 1.54) is 0 Å². The number of hydrogen-bond donors (Lipinski definition) is 0. The SMILES string of the molecule is COc1cc(OC)c2c(OC)cc(C#Cc3ccccc3)c(OC)c2c1OC. The first kappa shape index (κ1) is 19.2. The average molecular weight is 378 g/mol. The van der Waals surface area contributed by atoms with E-state index in [-0.39, 0.29) is 0 Å². The predicted octanol–water partition coefficient (Wildman–Crippen LogP) is 4.28. The Balaban J connectivity index is 2.40. The van der Waals surface area contributed by atoms with Crippen molar-refractivity contribution >= 4 is 10.8 Å². The van der Waals surface area contributed by atoms with Gasteiger partial charge in [-0.1, -0.05) is 30.0 Å². The first-order valence-corrected chi connectivity index (χ1v) is 8.63. The maximum Gasteiger partial charge on any atom is 0.172 e. The molecule has 0 saturated carbocycles. The Labute approximate surface area is 164 Å². The maximum atomic E-state index is 5.74. The molecule has 0 aliphatic heterocycles. The fourth-order valence-electron chi connectivity index (χ4n) is 3.12. The molecule has 0 aromatic heterocycles. The average Bonchev–Trinajstić information content (AvgIpc) is 2.76. The van der Waals surface area contributed by atoms with Crippen LogP contribution in [0, 0.1) is 11.8 Å². The highest BCUT2D eigenvalue weighted by Crippen LogP contribution is 2.50. The number of ether oxygens (including phenoxy) is 5. The van der Waals surface area contributed by atoms with Crippen molar-refractivity contribution in [2.75, 3.05) is 35.5 Å². The molecular weight excluding hydrogens is 356 g/mol. The van der Waals surface area contributed by atoms with Gasteiger partial charge in [-0.25, -0.2) is 0 Å². The Kier molecular flexibility index (Phi) is 5.81. The van der Waals surface area contributed by atoms with E-state index in [1.807, 2.05) is 36.4 Å². The van der Waals surface area contributed by atoms with Crippen molar-refractivity contribution in [3.8, 4) is 40.6 Å². The Hall–Kier alpha value is -3.52. The summed E-state index contributed by atoms with van der Waals surface area (Å²) in [6.07, 6.45) is 0. The molecule has 0 saturated heterocycles. The van der Waals surface area contributed by atoms with E-state index in [0.717, 1.165) is 10.9 Å². The molecule has 0 unspecified atom stereocenters. The quantitative estimate of drug-likeness (QED) is 0.620. The summed E-state index contributed by atoms with van der Waals surface area (Å²) in [7, 11) is 7.95. The molecule has 0 amide bonds. The van der Waals surface area contributed by atoms with Gasteiger partial charge in [0.05, 0.1) is 51.9 Å². The second-order valence-corrected chi connectivity index (χ2v) is 5.84. The first-order valence-electron chi connectivity index (χ1n) is 8.63. The van der Waals surface area contributed by atoms with Crippen LogP contribution in [-0.2, 0) is 0 Å². The normalized spacial score (nSPS) is 10.0. The molecule has 0 atom stereocenters. The first-order chi connectivity index (χ1) is 13.7. The summed E-state index contributed by atoms with van der Waals surface area (Å²) in [5.74, 6) is 9.15. The van der Waals surface area contributed by atoms with Crippen LogP contribution in [0.15, 0.2) is 42.5 Å². The Morgan fingerprint density at radius 1 is 0.571 bits per heavy atom. The Bertz CT molecular complexity index is 1050. The van der Waals surface area contributed by atoms with Gasteiger partial charge in [-0.15, -0.1) is 0 Å². The molecular formula is C23H22O5. The van der Waals surface area contributed by atoms with Crippen molar-refractivity contribution in [2.45, 2.75) is 0 Å². The van der Waals surface area contributed by atoms with E-state index in [1.54, 1.807) is 41.6 Å². The van der Waals surface area contributed by atoms with Crippen LogP contribution in [0.25, 0.3) is 10.8 Å². The third-order valence-corrected chi connectivity index (χ3v) is 4.39. The zero-order valence-electron chi connectivity index (χ0n) is 16.6. The fourth-order valence-corrected chi connectivity index (χ4v) is 3.12. The van der Waals surface area contributed by atoms with Crippen LogP contribution < -0.4 is 23.7 Å². The molecule has 3 aromatic carbocycles. The standard InChI is InChI=1S/C23H22O5/c1-24-17-13-16(12-11-15-9-7-6-8-10-15)22(27-4)21-20(17)18(25-2)14-19(26-3)23(21)28-5/h6-10,13-14H,1-5H3. The molecule has 0 aliphatic rings. The van der Waals surface area contributed by atoms with Crippen LogP contribution in [0.1, 0.15) is 11.1 Å². The molecule has 0 heterocycles. The lowest BCUT2D eigenvalue weighted by Crippen LogP contribution is -2.00. The highest BCUT2D eigenvalue weighted by molar-refractivity contribution is 6.05. The third kappa shape index (κ3) is 3.37. The number of methoxy groups -OCH3 is 5. The molecule has 28 heavy (non-hydrogen) atoms. The van der Waals surface area contributed by atoms with Gasteiger partial charge in [0, 0.05) is 17.7 Å². The van der Waals surface area contributed by atoms with Crippen molar-refractivity contribution < 1.29 is 23.7 Å². The molecule has 0 radical (unpaired) electrons. The van der Waals surface area contributed by atoms with Crippen molar-refractivity contribution in [2.24, 2.45) is 0 Å². The van der Waals surface area contributed by atoms with Gasteiger partial charge in [-0.2, -0.15) is 0 Å². The number of fused-ring (bicyclic) bond motifs is 1. The second kappa shape index (κ2) is 8.45. The fraction of sp³-hybridized carbons (Fsp3) is 0.217. The lowest BCUT2D eigenvalue weighted by molar-refractivity contribution is 0.350. The summed E-state index contributed by atoms with van der Waals surface area (Å²) in [6, 6.07) is 13.3. The van der Waals surface area contributed by atoms with Gasteiger partial charge in [0.1, 0.15) is 17.2 Å². The molecule has 3 aromatic rings. The molecule has 0 aliphatic carbocycles. The summed E-state index contributed by atoms with van der Waals surface area (Å²) < 4.78 is 28.1. The molecule has 0 bridgehead atoms. The van der Waals surface area contributed by atoms with Gasteiger partial charge in [-0.3, -0.25) is 0 Å². The van der Waals surface area contributed by atoms with E-state index in [2.05, 4.69) is 11.8 Å². The van der Waals surface area contributed by atoms with Crippen molar-refractivity contribution in [1.82, 2.24) is 0 Å². The smallest absolute Gasteiger partial charge is 0.172 e. The van der Waals surface area contributed by atoms with Gasteiger partial charge < -0.3 is 23.7 Å². The monoisotopic (exact) mass is 378 g/mol. The largest absolute Gasteiger partial charge is 0.496 e. The topological polar surface area (TPSA) is 46.2 Å². The summed E-state index contributed by atoms with van der Waals surface area (Å²) in [5.41, 5.74) is 1.57. The van der Waals surface area contributed by atoms with Crippen LogP contribution in [-0.4, -0.2) is 35.5 Å². The van der Waals surface area contributed by atoms with E-state index in [9.17, 15) is 0 Å². The molecule has 5 nitrogen and oxygen atoms in total. The summed E-state index contributed by atoms with van der Waals surface area (Å²) in [6.45, 7) is 0. The molecule has 0 fully saturated rings. The molecule has 5 heteroatoms. The van der Waals surface area contributed by atoms with Crippen LogP contribution in [0.3, 0.4) is 0 Å². The highest BCUT2D eigenvalue weighted by Gasteiger charge is 2.23. The van der Waals surface area contributed by atoms with Gasteiger partial charge >= 0.3 is 0 Å². The predicted molar refractivity (Wildman–Crippen MR) is 109 cm³/mol. The molecule has 144 valence electrons. The summed E-state index contributed by atoms with van der Waals surface area (Å²) in [5, 5.41) is 1.41. The van der Waals surface area contributed by atoms with Crippen LogP contribution in [0.4, 0.5) is 0 Å². The number of rotatable bonds is 5. The minimum atomic E-state index is 0.525. The summed E-state index contributed by atoms with van der Waals surface area (Å²) in [4.78, 5) is 0. The van der Waals surface area contributed by atoms with Gasteiger partial charge in [0.2, 0.25) is 0 Å².